The zero-order chi connectivity index (χ0) is 10.4. The van der Waals surface area contributed by atoms with Gasteiger partial charge in [0.1, 0.15) is 6.07 Å². The Morgan fingerprint density at radius 2 is 2.21 bits per heavy atom. The van der Waals surface area contributed by atoms with Gasteiger partial charge in [-0.15, -0.1) is 0 Å². The Morgan fingerprint density at radius 3 is 2.86 bits per heavy atom. The molecule has 0 aromatic heterocycles. The molecule has 0 spiro atoms. The smallest absolute Gasteiger partial charge is 0.102 e. The molecule has 0 fully saturated rings. The third-order valence-electron chi connectivity index (χ3n) is 1.87. The van der Waals surface area contributed by atoms with Gasteiger partial charge in [-0.1, -0.05) is 24.3 Å². The maximum atomic E-state index is 8.87. The average Bonchev–Trinajstić information content (AvgIpc) is 2.18. The molecule has 0 heterocycles. The van der Waals surface area contributed by atoms with Gasteiger partial charge in [0.05, 0.1) is 11.3 Å². The number of benzene rings is 1. The third kappa shape index (κ3) is 2.35. The van der Waals surface area contributed by atoms with Crippen molar-refractivity contribution in [3.63, 3.8) is 0 Å². The molecule has 3 heteroatoms. The molecule has 1 aromatic rings. The van der Waals surface area contributed by atoms with E-state index >= 15 is 0 Å². The molecule has 14 heavy (non-hydrogen) atoms. The van der Waals surface area contributed by atoms with E-state index in [0.29, 0.717) is 17.8 Å². The van der Waals surface area contributed by atoms with Crippen LogP contribution in [0.4, 0.5) is 5.69 Å². The quantitative estimate of drug-likeness (QED) is 0.704. The summed E-state index contributed by atoms with van der Waals surface area (Å²) in [6, 6.07) is 7.50. The van der Waals surface area contributed by atoms with E-state index in [1.165, 1.54) is 0 Å². The second-order valence-corrected chi connectivity index (χ2v) is 2.90. The van der Waals surface area contributed by atoms with Gasteiger partial charge in [-0.3, -0.25) is 0 Å². The van der Waals surface area contributed by atoms with Crippen LogP contribution < -0.4 is 11.5 Å². The Labute approximate surface area is 83.6 Å². The summed E-state index contributed by atoms with van der Waals surface area (Å²) >= 11 is 0. The molecule has 0 unspecified atom stereocenters. The van der Waals surface area contributed by atoms with Gasteiger partial charge in [-0.05, 0) is 24.6 Å². The molecule has 0 aliphatic rings. The largest absolute Gasteiger partial charge is 0.398 e. The first-order valence-electron chi connectivity index (χ1n) is 4.44. The fourth-order valence-electron chi connectivity index (χ4n) is 1.16. The molecular weight excluding hydrogens is 174 g/mol. The zero-order valence-corrected chi connectivity index (χ0v) is 7.90. The Kier molecular flexibility index (Phi) is 3.71. The number of nitrogens with two attached hydrogens (primary N) is 2. The van der Waals surface area contributed by atoms with Gasteiger partial charge >= 0.3 is 0 Å². The molecule has 0 atom stereocenters. The summed E-state index contributed by atoms with van der Waals surface area (Å²) in [4.78, 5) is 0. The first-order valence-corrected chi connectivity index (χ1v) is 4.44. The second-order valence-electron chi connectivity index (χ2n) is 2.90. The molecular formula is C11H13N3. The number of hydrogen-bond donors (Lipinski definition) is 2. The van der Waals surface area contributed by atoms with Gasteiger partial charge in [0.25, 0.3) is 0 Å². The Balaban J connectivity index is 2.98. The van der Waals surface area contributed by atoms with Gasteiger partial charge in [0, 0.05) is 0 Å². The van der Waals surface area contributed by atoms with Crippen molar-refractivity contribution in [1.82, 2.24) is 0 Å². The first kappa shape index (κ1) is 10.3. The van der Waals surface area contributed by atoms with Crippen molar-refractivity contribution in [2.24, 2.45) is 5.73 Å². The predicted octanol–water partition coefficient (Wildman–Crippen LogP) is 1.50. The number of nitrogens with zero attached hydrogens (tertiary/aromatic N) is 1. The molecule has 0 aliphatic heterocycles. The monoisotopic (exact) mass is 187 g/mol. The zero-order valence-electron chi connectivity index (χ0n) is 7.90. The predicted molar refractivity (Wildman–Crippen MR) is 58.3 cm³/mol. The normalized spacial score (nSPS) is 10.3. The van der Waals surface area contributed by atoms with Gasteiger partial charge in [0.15, 0.2) is 0 Å². The van der Waals surface area contributed by atoms with Crippen molar-refractivity contribution in [3.8, 4) is 6.07 Å². The summed E-state index contributed by atoms with van der Waals surface area (Å²) in [6.07, 6.45) is 4.62. The van der Waals surface area contributed by atoms with Crippen LogP contribution in [0.1, 0.15) is 17.5 Å². The molecule has 72 valence electrons. The topological polar surface area (TPSA) is 75.8 Å². The van der Waals surface area contributed by atoms with Crippen molar-refractivity contribution < 1.29 is 0 Å². The van der Waals surface area contributed by atoms with Crippen molar-refractivity contribution in [2.75, 3.05) is 12.3 Å². The van der Waals surface area contributed by atoms with Crippen molar-refractivity contribution >= 4 is 11.8 Å². The second kappa shape index (κ2) is 5.05. The number of hydrogen-bond acceptors (Lipinski definition) is 3. The molecule has 0 bridgehead atoms. The SMILES string of the molecule is N#Cc1c(N)cccc1C=CCCN. The first-order chi connectivity index (χ1) is 6.79. The van der Waals surface area contributed by atoms with Crippen LogP contribution >= 0.6 is 0 Å². The van der Waals surface area contributed by atoms with Crippen LogP contribution in [0.2, 0.25) is 0 Å². The van der Waals surface area contributed by atoms with Crippen LogP contribution in [-0.4, -0.2) is 6.54 Å². The summed E-state index contributed by atoms with van der Waals surface area (Å²) < 4.78 is 0. The highest BCUT2D eigenvalue weighted by Crippen LogP contribution is 2.17. The van der Waals surface area contributed by atoms with E-state index in [0.717, 1.165) is 12.0 Å². The Bertz CT molecular complexity index is 375. The van der Waals surface area contributed by atoms with Crippen LogP contribution in [0, 0.1) is 11.3 Å². The van der Waals surface area contributed by atoms with E-state index in [2.05, 4.69) is 6.07 Å². The lowest BCUT2D eigenvalue weighted by atomic mass is 10.1. The summed E-state index contributed by atoms with van der Waals surface area (Å²) in [5, 5.41) is 8.87. The van der Waals surface area contributed by atoms with Gasteiger partial charge < -0.3 is 11.5 Å². The minimum Gasteiger partial charge on any atom is -0.398 e. The molecule has 3 nitrogen and oxygen atoms in total. The van der Waals surface area contributed by atoms with Crippen LogP contribution in [0.15, 0.2) is 24.3 Å². The molecule has 0 saturated carbocycles. The fourth-order valence-corrected chi connectivity index (χ4v) is 1.16. The van der Waals surface area contributed by atoms with E-state index in [-0.39, 0.29) is 0 Å². The van der Waals surface area contributed by atoms with E-state index < -0.39 is 0 Å². The highest BCUT2D eigenvalue weighted by atomic mass is 14.6. The number of anilines is 1. The van der Waals surface area contributed by atoms with E-state index in [9.17, 15) is 0 Å². The number of nitrogen functional groups attached to an aromatic ring is 1. The summed E-state index contributed by atoms with van der Waals surface area (Å²) in [5.41, 5.74) is 12.9. The van der Waals surface area contributed by atoms with Gasteiger partial charge in [-0.2, -0.15) is 5.26 Å². The molecule has 1 aromatic carbocycles. The molecule has 0 aliphatic carbocycles. The van der Waals surface area contributed by atoms with E-state index in [1.54, 1.807) is 6.07 Å². The molecule has 4 N–H and O–H groups in total. The summed E-state index contributed by atoms with van der Waals surface area (Å²) in [5.74, 6) is 0. The summed E-state index contributed by atoms with van der Waals surface area (Å²) in [7, 11) is 0. The average molecular weight is 187 g/mol. The highest BCUT2D eigenvalue weighted by Gasteiger charge is 2.01. The van der Waals surface area contributed by atoms with Gasteiger partial charge in [0.2, 0.25) is 0 Å². The fraction of sp³-hybridized carbons (Fsp3) is 0.182. The third-order valence-corrected chi connectivity index (χ3v) is 1.87. The standard InChI is InChI=1S/C11H13N3/c12-7-2-1-4-9-5-3-6-11(14)10(9)8-13/h1,3-6H,2,7,12,14H2. The number of rotatable bonds is 3. The van der Waals surface area contributed by atoms with Gasteiger partial charge in [-0.25, -0.2) is 0 Å². The van der Waals surface area contributed by atoms with Crippen molar-refractivity contribution in [3.05, 3.63) is 35.4 Å². The maximum absolute atomic E-state index is 8.87. The molecule has 0 amide bonds. The highest BCUT2D eigenvalue weighted by molar-refractivity contribution is 5.67. The minimum atomic E-state index is 0.516. The van der Waals surface area contributed by atoms with E-state index in [4.69, 9.17) is 16.7 Å². The molecule has 0 saturated heterocycles. The maximum Gasteiger partial charge on any atom is 0.102 e. The van der Waals surface area contributed by atoms with Crippen molar-refractivity contribution in [2.45, 2.75) is 6.42 Å². The van der Waals surface area contributed by atoms with Crippen LogP contribution in [0.25, 0.3) is 6.08 Å². The minimum absolute atomic E-state index is 0.516. The number of nitriles is 1. The molecule has 0 radical (unpaired) electrons. The lowest BCUT2D eigenvalue weighted by Crippen LogP contribution is -1.95. The lowest BCUT2D eigenvalue weighted by Gasteiger charge is -2.00. The lowest BCUT2D eigenvalue weighted by molar-refractivity contribution is 1.01. The Hall–Kier alpha value is -1.79. The van der Waals surface area contributed by atoms with Crippen molar-refractivity contribution in [1.29, 1.82) is 5.26 Å². The summed E-state index contributed by atoms with van der Waals surface area (Å²) in [6.45, 7) is 0.612. The van der Waals surface area contributed by atoms with Crippen LogP contribution in [-0.2, 0) is 0 Å². The molecule has 1 rings (SSSR count). The van der Waals surface area contributed by atoms with Crippen LogP contribution in [0.5, 0.6) is 0 Å². The Morgan fingerprint density at radius 1 is 1.43 bits per heavy atom. The van der Waals surface area contributed by atoms with Crippen LogP contribution in [0.3, 0.4) is 0 Å². The van der Waals surface area contributed by atoms with E-state index in [1.807, 2.05) is 24.3 Å².